The van der Waals surface area contributed by atoms with Gasteiger partial charge in [0.05, 0.1) is 0 Å². The number of hydrogen-bond donors (Lipinski definition) is 1. The first kappa shape index (κ1) is 12.4. The van der Waals surface area contributed by atoms with Gasteiger partial charge in [0.25, 0.3) is 0 Å². The van der Waals surface area contributed by atoms with Crippen molar-refractivity contribution in [1.29, 1.82) is 0 Å². The second-order valence-electron chi connectivity index (χ2n) is 5.06. The van der Waals surface area contributed by atoms with Crippen molar-refractivity contribution in [3.8, 4) is 11.1 Å². The van der Waals surface area contributed by atoms with Gasteiger partial charge in [0.2, 0.25) is 5.13 Å². The molecule has 104 valence electrons. The summed E-state index contributed by atoms with van der Waals surface area (Å²) in [5, 5.41) is 4.15. The molecule has 4 rings (SSSR count). The van der Waals surface area contributed by atoms with Crippen LogP contribution in [-0.4, -0.2) is 19.3 Å². The van der Waals surface area contributed by atoms with Gasteiger partial charge in [0.15, 0.2) is 0 Å². The quantitative estimate of drug-likeness (QED) is 0.796. The first-order valence-corrected chi connectivity index (χ1v) is 7.62. The van der Waals surface area contributed by atoms with E-state index < -0.39 is 0 Å². The third-order valence-corrected chi connectivity index (χ3v) is 4.06. The van der Waals surface area contributed by atoms with Gasteiger partial charge >= 0.3 is 0 Å². The van der Waals surface area contributed by atoms with Crippen LogP contribution >= 0.6 is 11.5 Å². The van der Waals surface area contributed by atoms with Crippen LogP contribution in [0.15, 0.2) is 43.0 Å². The Morgan fingerprint density at radius 1 is 1.00 bits per heavy atom. The highest BCUT2D eigenvalue weighted by molar-refractivity contribution is 7.09. The van der Waals surface area contributed by atoms with E-state index in [1.54, 1.807) is 0 Å². The van der Waals surface area contributed by atoms with E-state index in [0.717, 1.165) is 27.8 Å². The highest BCUT2D eigenvalue weighted by Crippen LogP contribution is 2.39. The van der Waals surface area contributed by atoms with E-state index in [0.29, 0.717) is 5.92 Å². The summed E-state index contributed by atoms with van der Waals surface area (Å²) in [5.41, 5.74) is 3.11. The molecule has 1 aromatic carbocycles. The highest BCUT2D eigenvalue weighted by atomic mass is 32.1. The predicted octanol–water partition coefficient (Wildman–Crippen LogP) is 3.62. The monoisotopic (exact) mass is 295 g/mol. The molecule has 1 saturated carbocycles. The molecule has 1 N–H and O–H groups in total. The maximum absolute atomic E-state index is 4.52. The second-order valence-corrected chi connectivity index (χ2v) is 5.81. The first-order chi connectivity index (χ1) is 10.4. The minimum absolute atomic E-state index is 0.595. The molecular weight excluding hydrogens is 282 g/mol. The molecule has 1 fully saturated rings. The normalized spacial score (nSPS) is 14.1. The van der Waals surface area contributed by atoms with Gasteiger partial charge in [0.1, 0.15) is 12.2 Å². The standard InChI is InChI=1S/C15H13N5S/c1-2-11(1)14-19-15(21-20-14)18-13-5-3-10(4-6-13)12-7-16-9-17-8-12/h3-9,11H,1-2H2,(H,18,19,20). The van der Waals surface area contributed by atoms with Crippen molar-refractivity contribution in [2.45, 2.75) is 18.8 Å². The van der Waals surface area contributed by atoms with E-state index >= 15 is 0 Å². The topological polar surface area (TPSA) is 63.6 Å². The van der Waals surface area contributed by atoms with Crippen LogP contribution in [0, 0.1) is 0 Å². The van der Waals surface area contributed by atoms with E-state index in [1.165, 1.54) is 30.7 Å². The van der Waals surface area contributed by atoms with Crippen molar-refractivity contribution >= 4 is 22.4 Å². The van der Waals surface area contributed by atoms with Gasteiger partial charge in [-0.05, 0) is 30.5 Å². The number of benzene rings is 1. The molecule has 5 nitrogen and oxygen atoms in total. The van der Waals surface area contributed by atoms with Crippen molar-refractivity contribution in [3.63, 3.8) is 0 Å². The largest absolute Gasteiger partial charge is 0.330 e. The molecule has 0 unspecified atom stereocenters. The SMILES string of the molecule is c1ncc(-c2ccc(Nc3nc(C4CC4)ns3)cc2)cn1. The van der Waals surface area contributed by atoms with Crippen LogP contribution in [0.4, 0.5) is 10.8 Å². The molecule has 21 heavy (non-hydrogen) atoms. The molecule has 0 bridgehead atoms. The van der Waals surface area contributed by atoms with E-state index in [4.69, 9.17) is 0 Å². The maximum atomic E-state index is 4.52. The van der Waals surface area contributed by atoms with Crippen LogP contribution in [0.3, 0.4) is 0 Å². The lowest BCUT2D eigenvalue weighted by atomic mass is 10.1. The molecule has 1 aliphatic rings. The molecule has 0 saturated heterocycles. The van der Waals surface area contributed by atoms with E-state index in [2.05, 4.69) is 24.6 Å². The Bertz CT molecular complexity index is 734. The Morgan fingerprint density at radius 2 is 1.76 bits per heavy atom. The molecule has 2 aromatic heterocycles. The number of aromatic nitrogens is 4. The van der Waals surface area contributed by atoms with Crippen molar-refractivity contribution in [3.05, 3.63) is 48.8 Å². The third kappa shape index (κ3) is 2.75. The Kier molecular flexibility index (Phi) is 3.08. The van der Waals surface area contributed by atoms with Crippen molar-refractivity contribution in [2.24, 2.45) is 0 Å². The number of hydrogen-bond acceptors (Lipinski definition) is 6. The summed E-state index contributed by atoms with van der Waals surface area (Å²) in [4.78, 5) is 12.6. The lowest BCUT2D eigenvalue weighted by molar-refractivity contribution is 0.987. The number of rotatable bonds is 4. The molecule has 3 aromatic rings. The number of anilines is 2. The number of nitrogens with zero attached hydrogens (tertiary/aromatic N) is 4. The average molecular weight is 295 g/mol. The molecule has 0 radical (unpaired) electrons. The van der Waals surface area contributed by atoms with Crippen LogP contribution in [-0.2, 0) is 0 Å². The van der Waals surface area contributed by atoms with Gasteiger partial charge in [-0.2, -0.15) is 4.37 Å². The fourth-order valence-electron chi connectivity index (χ4n) is 2.11. The van der Waals surface area contributed by atoms with Gasteiger partial charge < -0.3 is 5.32 Å². The van der Waals surface area contributed by atoms with Gasteiger partial charge in [-0.25, -0.2) is 15.0 Å². The molecule has 0 amide bonds. The van der Waals surface area contributed by atoms with Crippen LogP contribution < -0.4 is 5.32 Å². The Hall–Kier alpha value is -2.34. The average Bonchev–Trinajstić information content (AvgIpc) is 3.29. The van der Waals surface area contributed by atoms with E-state index in [9.17, 15) is 0 Å². The molecular formula is C15H13N5S. The zero-order chi connectivity index (χ0) is 14.1. The van der Waals surface area contributed by atoms with Crippen molar-refractivity contribution < 1.29 is 0 Å². The summed E-state index contributed by atoms with van der Waals surface area (Å²) in [5.74, 6) is 1.58. The van der Waals surface area contributed by atoms with Gasteiger partial charge in [0, 0.05) is 41.1 Å². The third-order valence-electron chi connectivity index (χ3n) is 3.41. The summed E-state index contributed by atoms with van der Waals surface area (Å²) in [6.07, 6.45) is 7.60. The van der Waals surface area contributed by atoms with Crippen LogP contribution in [0.5, 0.6) is 0 Å². The molecule has 0 atom stereocenters. The predicted molar refractivity (Wildman–Crippen MR) is 82.6 cm³/mol. The number of nitrogens with one attached hydrogen (secondary N) is 1. The van der Waals surface area contributed by atoms with Crippen LogP contribution in [0.25, 0.3) is 11.1 Å². The highest BCUT2D eigenvalue weighted by Gasteiger charge is 2.27. The van der Waals surface area contributed by atoms with E-state index in [1.807, 2.05) is 36.7 Å². The van der Waals surface area contributed by atoms with Gasteiger partial charge in [-0.15, -0.1) is 0 Å². The smallest absolute Gasteiger partial charge is 0.207 e. The van der Waals surface area contributed by atoms with Gasteiger partial charge in [-0.3, -0.25) is 0 Å². The van der Waals surface area contributed by atoms with Gasteiger partial charge in [-0.1, -0.05) is 12.1 Å². The molecule has 0 aliphatic heterocycles. The van der Waals surface area contributed by atoms with Crippen molar-refractivity contribution in [2.75, 3.05) is 5.32 Å². The molecule has 1 aliphatic carbocycles. The maximum Gasteiger partial charge on any atom is 0.207 e. The van der Waals surface area contributed by atoms with E-state index in [-0.39, 0.29) is 0 Å². The fourth-order valence-corrected chi connectivity index (χ4v) is 2.78. The minimum Gasteiger partial charge on any atom is -0.330 e. The summed E-state index contributed by atoms with van der Waals surface area (Å²) in [6.45, 7) is 0. The summed E-state index contributed by atoms with van der Waals surface area (Å²) in [6, 6.07) is 8.15. The summed E-state index contributed by atoms with van der Waals surface area (Å²) < 4.78 is 4.39. The lowest BCUT2D eigenvalue weighted by Crippen LogP contribution is -1.90. The molecule has 6 heteroatoms. The zero-order valence-electron chi connectivity index (χ0n) is 11.2. The van der Waals surface area contributed by atoms with Crippen molar-refractivity contribution in [1.82, 2.24) is 19.3 Å². The molecule has 2 heterocycles. The Labute approximate surface area is 126 Å². The summed E-state index contributed by atoms with van der Waals surface area (Å²) >= 11 is 1.42. The summed E-state index contributed by atoms with van der Waals surface area (Å²) in [7, 11) is 0. The Balaban J connectivity index is 1.50. The van der Waals surface area contributed by atoms with Crippen LogP contribution in [0.1, 0.15) is 24.6 Å². The first-order valence-electron chi connectivity index (χ1n) is 6.84. The Morgan fingerprint density at radius 3 is 2.48 bits per heavy atom. The fraction of sp³-hybridized carbons (Fsp3) is 0.200. The zero-order valence-corrected chi connectivity index (χ0v) is 12.0. The van der Waals surface area contributed by atoms with Crippen LogP contribution in [0.2, 0.25) is 0 Å². The minimum atomic E-state index is 0.595. The molecule has 0 spiro atoms. The lowest BCUT2D eigenvalue weighted by Gasteiger charge is -2.04. The second kappa shape index (κ2) is 5.21.